The summed E-state index contributed by atoms with van der Waals surface area (Å²) in [6.07, 6.45) is -0.877. The van der Waals surface area contributed by atoms with Crippen molar-refractivity contribution in [2.24, 2.45) is 0 Å². The molecule has 1 N–H and O–H groups in total. The first-order chi connectivity index (χ1) is 12.4. The summed E-state index contributed by atoms with van der Waals surface area (Å²) in [5.74, 6) is -0.0973. The Labute approximate surface area is 154 Å². The predicted molar refractivity (Wildman–Crippen MR) is 100 cm³/mol. The number of esters is 1. The van der Waals surface area contributed by atoms with E-state index in [4.69, 9.17) is 9.47 Å². The highest BCUT2D eigenvalue weighted by Crippen LogP contribution is 2.20. The van der Waals surface area contributed by atoms with Crippen molar-refractivity contribution in [2.75, 3.05) is 13.7 Å². The number of nitrogens with one attached hydrogen (secondary N) is 1. The van der Waals surface area contributed by atoms with E-state index in [1.54, 1.807) is 32.2 Å². The Morgan fingerprint density at radius 2 is 1.77 bits per heavy atom. The number of amides is 1. The van der Waals surface area contributed by atoms with Gasteiger partial charge in [0.1, 0.15) is 5.75 Å². The molecular formula is C21H25NO4. The van der Waals surface area contributed by atoms with Crippen LogP contribution in [0.1, 0.15) is 41.3 Å². The number of methoxy groups -OCH3 is 1. The Bertz CT molecular complexity index is 758. The first-order valence-corrected chi connectivity index (χ1v) is 8.60. The fraction of sp³-hybridized carbons (Fsp3) is 0.333. The molecule has 0 bridgehead atoms. The maximum atomic E-state index is 12.2. The molecule has 0 aromatic heterocycles. The zero-order valence-electron chi connectivity index (χ0n) is 15.6. The Morgan fingerprint density at radius 3 is 2.42 bits per heavy atom. The molecule has 0 aliphatic heterocycles. The van der Waals surface area contributed by atoms with Crippen LogP contribution in [0.4, 0.5) is 0 Å². The van der Waals surface area contributed by atoms with Gasteiger partial charge in [-0.3, -0.25) is 4.79 Å². The summed E-state index contributed by atoms with van der Waals surface area (Å²) in [5.41, 5.74) is 2.42. The van der Waals surface area contributed by atoms with Crippen molar-refractivity contribution in [1.82, 2.24) is 5.32 Å². The van der Waals surface area contributed by atoms with Crippen molar-refractivity contribution in [3.05, 3.63) is 65.2 Å². The largest absolute Gasteiger partial charge is 0.496 e. The summed E-state index contributed by atoms with van der Waals surface area (Å²) in [6, 6.07) is 15.0. The number of carbonyl (C=O) groups is 2. The molecule has 0 unspecified atom stereocenters. The van der Waals surface area contributed by atoms with Gasteiger partial charge in [-0.2, -0.15) is 0 Å². The van der Waals surface area contributed by atoms with E-state index in [0.29, 0.717) is 17.9 Å². The predicted octanol–water partition coefficient (Wildman–Crippen LogP) is 3.47. The maximum absolute atomic E-state index is 12.2. The third kappa shape index (κ3) is 5.09. The summed E-state index contributed by atoms with van der Waals surface area (Å²) in [5, 5.41) is 2.83. The van der Waals surface area contributed by atoms with Gasteiger partial charge in [0.25, 0.3) is 5.91 Å². The standard InChI is InChI=1S/C21H25NO4/c1-14-10-11-18(12-19(14)25-4)21(24)26-16(3)20(23)22-13-15(2)17-8-6-5-7-9-17/h5-12,15-16H,13H2,1-4H3,(H,22,23)/t15-,16+/m0/s1. The van der Waals surface area contributed by atoms with Crippen LogP contribution < -0.4 is 10.1 Å². The lowest BCUT2D eigenvalue weighted by molar-refractivity contribution is -0.129. The van der Waals surface area contributed by atoms with Gasteiger partial charge in [0.2, 0.25) is 0 Å². The first-order valence-electron chi connectivity index (χ1n) is 8.60. The zero-order chi connectivity index (χ0) is 19.1. The number of hydrogen-bond donors (Lipinski definition) is 1. The van der Waals surface area contributed by atoms with Crippen molar-refractivity contribution < 1.29 is 19.1 Å². The topological polar surface area (TPSA) is 64.6 Å². The molecule has 0 spiro atoms. The van der Waals surface area contributed by atoms with Crippen molar-refractivity contribution in [3.63, 3.8) is 0 Å². The van der Waals surface area contributed by atoms with Gasteiger partial charge in [-0.15, -0.1) is 0 Å². The van der Waals surface area contributed by atoms with Crippen LogP contribution in [0.15, 0.2) is 48.5 Å². The van der Waals surface area contributed by atoms with E-state index in [1.165, 1.54) is 0 Å². The van der Waals surface area contributed by atoms with E-state index in [2.05, 4.69) is 5.32 Å². The molecule has 0 heterocycles. The van der Waals surface area contributed by atoms with E-state index in [9.17, 15) is 9.59 Å². The highest BCUT2D eigenvalue weighted by atomic mass is 16.5. The van der Waals surface area contributed by atoms with Crippen LogP contribution in [-0.4, -0.2) is 31.6 Å². The van der Waals surface area contributed by atoms with Gasteiger partial charge < -0.3 is 14.8 Å². The van der Waals surface area contributed by atoms with E-state index in [1.807, 2.05) is 44.2 Å². The summed E-state index contributed by atoms with van der Waals surface area (Å²) in [7, 11) is 1.54. The number of benzene rings is 2. The highest BCUT2D eigenvalue weighted by molar-refractivity contribution is 5.92. The molecule has 2 atom stereocenters. The molecule has 2 aromatic rings. The number of rotatable bonds is 7. The van der Waals surface area contributed by atoms with Crippen molar-refractivity contribution in [2.45, 2.75) is 32.8 Å². The third-order valence-corrected chi connectivity index (χ3v) is 4.25. The van der Waals surface area contributed by atoms with E-state index in [0.717, 1.165) is 11.1 Å². The summed E-state index contributed by atoms with van der Waals surface area (Å²) < 4.78 is 10.5. The van der Waals surface area contributed by atoms with Crippen LogP contribution in [0, 0.1) is 6.92 Å². The number of carbonyl (C=O) groups excluding carboxylic acids is 2. The summed E-state index contributed by atoms with van der Waals surface area (Å²) in [4.78, 5) is 24.5. The normalized spacial score (nSPS) is 12.8. The minimum atomic E-state index is -0.877. The third-order valence-electron chi connectivity index (χ3n) is 4.25. The molecule has 26 heavy (non-hydrogen) atoms. The van der Waals surface area contributed by atoms with Crippen molar-refractivity contribution in [3.8, 4) is 5.75 Å². The van der Waals surface area contributed by atoms with Gasteiger partial charge in [-0.1, -0.05) is 43.3 Å². The van der Waals surface area contributed by atoms with E-state index >= 15 is 0 Å². The van der Waals surface area contributed by atoms with Crippen molar-refractivity contribution >= 4 is 11.9 Å². The highest BCUT2D eigenvalue weighted by Gasteiger charge is 2.20. The van der Waals surface area contributed by atoms with Crippen LogP contribution >= 0.6 is 0 Å². The zero-order valence-corrected chi connectivity index (χ0v) is 15.6. The van der Waals surface area contributed by atoms with E-state index in [-0.39, 0.29) is 11.8 Å². The molecule has 0 radical (unpaired) electrons. The minimum Gasteiger partial charge on any atom is -0.496 e. The van der Waals surface area contributed by atoms with Gasteiger partial charge in [-0.25, -0.2) is 4.79 Å². The smallest absolute Gasteiger partial charge is 0.339 e. The lowest BCUT2D eigenvalue weighted by Crippen LogP contribution is -2.37. The molecule has 0 saturated heterocycles. The average molecular weight is 355 g/mol. The summed E-state index contributed by atoms with van der Waals surface area (Å²) in [6.45, 7) is 5.96. The Hall–Kier alpha value is -2.82. The minimum absolute atomic E-state index is 0.171. The van der Waals surface area contributed by atoms with Crippen LogP contribution in [0.2, 0.25) is 0 Å². The number of aryl methyl sites for hydroxylation is 1. The first kappa shape index (κ1) is 19.5. The van der Waals surface area contributed by atoms with Crippen molar-refractivity contribution in [1.29, 1.82) is 0 Å². The monoisotopic (exact) mass is 355 g/mol. The molecule has 5 heteroatoms. The Kier molecular flexibility index (Phi) is 6.78. The fourth-order valence-electron chi connectivity index (χ4n) is 2.53. The molecule has 2 rings (SSSR count). The molecule has 5 nitrogen and oxygen atoms in total. The number of hydrogen-bond acceptors (Lipinski definition) is 4. The lowest BCUT2D eigenvalue weighted by Gasteiger charge is -2.17. The molecule has 2 aromatic carbocycles. The molecule has 0 aliphatic carbocycles. The fourth-order valence-corrected chi connectivity index (χ4v) is 2.53. The van der Waals surface area contributed by atoms with Gasteiger partial charge in [0, 0.05) is 6.54 Å². The second-order valence-electron chi connectivity index (χ2n) is 6.29. The summed E-state index contributed by atoms with van der Waals surface area (Å²) >= 11 is 0. The number of ether oxygens (including phenoxy) is 2. The van der Waals surface area contributed by atoms with Crippen LogP contribution in [-0.2, 0) is 9.53 Å². The van der Waals surface area contributed by atoms with Gasteiger partial charge in [0.15, 0.2) is 6.10 Å². The van der Waals surface area contributed by atoms with E-state index < -0.39 is 12.1 Å². The quantitative estimate of drug-likeness (QED) is 0.773. The van der Waals surface area contributed by atoms with Gasteiger partial charge in [0.05, 0.1) is 12.7 Å². The lowest BCUT2D eigenvalue weighted by atomic mass is 10.0. The molecule has 0 aliphatic rings. The molecule has 1 amide bonds. The molecule has 138 valence electrons. The molecule has 0 saturated carbocycles. The van der Waals surface area contributed by atoms with Gasteiger partial charge in [-0.05, 0) is 43.0 Å². The van der Waals surface area contributed by atoms with Gasteiger partial charge >= 0.3 is 5.97 Å². The van der Waals surface area contributed by atoms with Crippen LogP contribution in [0.25, 0.3) is 0 Å². The van der Waals surface area contributed by atoms with Crippen LogP contribution in [0.3, 0.4) is 0 Å². The van der Waals surface area contributed by atoms with Crippen LogP contribution in [0.5, 0.6) is 5.75 Å². The Morgan fingerprint density at radius 1 is 1.08 bits per heavy atom. The second-order valence-corrected chi connectivity index (χ2v) is 6.29. The molecule has 0 fully saturated rings. The molecular weight excluding hydrogens is 330 g/mol. The SMILES string of the molecule is COc1cc(C(=O)O[C@H](C)C(=O)NC[C@H](C)c2ccccc2)ccc1C. The maximum Gasteiger partial charge on any atom is 0.339 e. The Balaban J connectivity index is 1.89. The second kappa shape index (κ2) is 9.04. The average Bonchev–Trinajstić information content (AvgIpc) is 2.66.